The summed E-state index contributed by atoms with van der Waals surface area (Å²) in [7, 11) is 0. The molecule has 234 valence electrons. The van der Waals surface area contributed by atoms with E-state index in [1.807, 2.05) is 82.4 Å². The van der Waals surface area contributed by atoms with Gasteiger partial charge < -0.3 is 5.11 Å². The topological polar surface area (TPSA) is 54.4 Å². The van der Waals surface area contributed by atoms with E-state index in [2.05, 4.69) is 59.8 Å². The van der Waals surface area contributed by atoms with Crippen LogP contribution in [-0.4, -0.2) is 22.8 Å². The minimum absolute atomic E-state index is 0.0552. The van der Waals surface area contributed by atoms with E-state index in [1.54, 1.807) is 12.2 Å². The first-order chi connectivity index (χ1) is 19.9. The highest BCUT2D eigenvalue weighted by atomic mass is 16.3. The number of ketones is 2. The lowest BCUT2D eigenvalue weighted by atomic mass is 9.66. The number of aliphatic hydroxyl groups is 1. The van der Waals surface area contributed by atoms with Gasteiger partial charge in [-0.05, 0) is 76.4 Å². The van der Waals surface area contributed by atoms with Gasteiger partial charge in [-0.15, -0.1) is 0 Å². The van der Waals surface area contributed by atoms with Gasteiger partial charge in [0.25, 0.3) is 0 Å². The molecule has 2 saturated carbocycles. The molecule has 3 heteroatoms. The van der Waals surface area contributed by atoms with E-state index in [0.717, 1.165) is 41.6 Å². The Hall–Kier alpha value is -3.04. The van der Waals surface area contributed by atoms with E-state index < -0.39 is 11.5 Å². The molecule has 2 rings (SSSR count). The van der Waals surface area contributed by atoms with Crippen LogP contribution in [0.15, 0.2) is 107 Å². The van der Waals surface area contributed by atoms with Crippen molar-refractivity contribution in [3.63, 3.8) is 0 Å². The van der Waals surface area contributed by atoms with Gasteiger partial charge in [0.05, 0.1) is 6.10 Å². The number of carbonyl (C=O) groups is 2. The monoisotopic (exact) mass is 584 g/mol. The fraction of sp³-hybridized carbons (Fsp3) is 0.500. The van der Waals surface area contributed by atoms with E-state index in [4.69, 9.17) is 0 Å². The van der Waals surface area contributed by atoms with Gasteiger partial charge in [-0.2, -0.15) is 0 Å². The molecule has 43 heavy (non-hydrogen) atoms. The van der Waals surface area contributed by atoms with Crippen LogP contribution in [0.5, 0.6) is 0 Å². The number of rotatable bonds is 12. The second kappa shape index (κ2) is 15.1. The van der Waals surface area contributed by atoms with Gasteiger partial charge in [0.1, 0.15) is 0 Å². The molecule has 0 aromatic heterocycles. The number of allylic oxidation sites excluding steroid dienone is 18. The Kier molecular flexibility index (Phi) is 12.7. The van der Waals surface area contributed by atoms with Crippen molar-refractivity contribution in [2.24, 2.45) is 21.7 Å². The highest BCUT2D eigenvalue weighted by Gasteiger charge is 2.53. The first kappa shape index (κ1) is 36.2. The molecule has 0 spiro atoms. The van der Waals surface area contributed by atoms with Crippen molar-refractivity contribution in [1.29, 1.82) is 0 Å². The van der Waals surface area contributed by atoms with E-state index in [0.29, 0.717) is 12.8 Å². The van der Waals surface area contributed by atoms with Crippen LogP contribution in [0.1, 0.15) is 101 Å². The summed E-state index contributed by atoms with van der Waals surface area (Å²) in [6.45, 7) is 20.8. The lowest BCUT2D eigenvalue weighted by Crippen LogP contribution is -2.36. The summed E-state index contributed by atoms with van der Waals surface area (Å²) in [5.74, 6) is 0.318. The fourth-order valence-corrected chi connectivity index (χ4v) is 6.15. The molecule has 0 amide bonds. The number of hydrogen-bond donors (Lipinski definition) is 1. The van der Waals surface area contributed by atoms with Gasteiger partial charge >= 0.3 is 0 Å². The normalized spacial score (nSPS) is 29.0. The molecule has 2 fully saturated rings. The molecular weight excluding hydrogens is 528 g/mol. The summed E-state index contributed by atoms with van der Waals surface area (Å²) >= 11 is 0. The second-order valence-corrected chi connectivity index (χ2v) is 14.5. The third kappa shape index (κ3) is 9.73. The molecule has 0 aromatic carbocycles. The maximum absolute atomic E-state index is 12.9. The van der Waals surface area contributed by atoms with Crippen molar-refractivity contribution in [1.82, 2.24) is 0 Å². The van der Waals surface area contributed by atoms with Crippen LogP contribution in [-0.2, 0) is 9.59 Å². The Morgan fingerprint density at radius 1 is 0.535 bits per heavy atom. The molecule has 3 atom stereocenters. The molecular formula is C40H56O3. The molecule has 3 nitrogen and oxygen atoms in total. The average molecular weight is 585 g/mol. The van der Waals surface area contributed by atoms with E-state index in [1.165, 1.54) is 0 Å². The van der Waals surface area contributed by atoms with Gasteiger partial charge in [-0.3, -0.25) is 9.59 Å². The van der Waals surface area contributed by atoms with Crippen molar-refractivity contribution in [2.75, 3.05) is 0 Å². The lowest BCUT2D eigenvalue weighted by molar-refractivity contribution is -0.128. The molecule has 0 unspecified atom stereocenters. The molecule has 0 heterocycles. The highest BCUT2D eigenvalue weighted by molar-refractivity contribution is 5.96. The van der Waals surface area contributed by atoms with Crippen LogP contribution in [0, 0.1) is 21.7 Å². The Labute approximate surface area is 262 Å². The largest absolute Gasteiger partial charge is 0.393 e. The Balaban J connectivity index is 1.86. The summed E-state index contributed by atoms with van der Waals surface area (Å²) in [5.41, 5.74) is 3.34. The van der Waals surface area contributed by atoms with Gasteiger partial charge in [-0.1, -0.05) is 143 Å². The van der Waals surface area contributed by atoms with Crippen LogP contribution >= 0.6 is 0 Å². The van der Waals surface area contributed by atoms with Crippen LogP contribution in [0.3, 0.4) is 0 Å². The first-order valence-corrected chi connectivity index (χ1v) is 15.8. The molecule has 2 aliphatic rings. The van der Waals surface area contributed by atoms with Crippen molar-refractivity contribution in [2.45, 2.75) is 107 Å². The van der Waals surface area contributed by atoms with Gasteiger partial charge in [0.15, 0.2) is 11.6 Å². The Bertz CT molecular complexity index is 1300. The average Bonchev–Trinajstić information content (AvgIpc) is 3.32. The van der Waals surface area contributed by atoms with Crippen molar-refractivity contribution in [3.8, 4) is 0 Å². The molecule has 0 aliphatic heterocycles. The molecule has 0 radical (unpaired) electrons. The van der Waals surface area contributed by atoms with Crippen LogP contribution in [0.2, 0.25) is 0 Å². The van der Waals surface area contributed by atoms with E-state index in [9.17, 15) is 14.7 Å². The van der Waals surface area contributed by atoms with Gasteiger partial charge in [0.2, 0.25) is 0 Å². The van der Waals surface area contributed by atoms with E-state index >= 15 is 0 Å². The van der Waals surface area contributed by atoms with E-state index in [-0.39, 0.29) is 27.8 Å². The minimum atomic E-state index is -0.535. The zero-order valence-corrected chi connectivity index (χ0v) is 28.5. The molecule has 1 N–H and O–H groups in total. The maximum Gasteiger partial charge on any atom is 0.162 e. The number of hydrogen-bond acceptors (Lipinski definition) is 3. The van der Waals surface area contributed by atoms with Crippen molar-refractivity contribution >= 4 is 11.6 Å². The number of aliphatic hydroxyl groups excluding tert-OH is 1. The quantitative estimate of drug-likeness (QED) is 0.183. The maximum atomic E-state index is 12.9. The lowest BCUT2D eigenvalue weighted by Gasteiger charge is -2.36. The predicted octanol–water partition coefficient (Wildman–Crippen LogP) is 10.1. The smallest absolute Gasteiger partial charge is 0.162 e. The van der Waals surface area contributed by atoms with Crippen LogP contribution in [0.25, 0.3) is 0 Å². The zero-order valence-electron chi connectivity index (χ0n) is 28.5. The summed E-state index contributed by atoms with van der Waals surface area (Å²) in [6.07, 6.45) is 31.5. The Morgan fingerprint density at radius 3 is 1.35 bits per heavy atom. The molecule has 0 saturated heterocycles. The third-order valence-corrected chi connectivity index (χ3v) is 10.2. The standard InChI is InChI=1S/C40H56O3/c1-30(18-13-20-32(3)22-24-35(42)39(9)27-15-26-37(39,5)6)16-11-12-17-31(2)19-14-21-33(4)23-25-36(43)40(10)29-34(41)28-38(40,7)8/h11-14,16-25,34,41H,15,26-29H2,1-10H3/b12-11+,18-13+,19-14+,24-22+,25-23+,30-16+,31-17+,32-20+,33-21+/t34-,39-,40-/m0/s1. The zero-order chi connectivity index (χ0) is 32.5. The SMILES string of the molecule is CC(/C=C/C=C(C)/C=C/C(=O)[C@]1(C)CCCC1(C)C)=C\C=C\C=C(C)\C=C\C=C(C)\C=C\C(=O)[C@]1(C)C[C@@H](O)CC1(C)C. The van der Waals surface area contributed by atoms with Crippen LogP contribution < -0.4 is 0 Å². The predicted molar refractivity (Wildman–Crippen MR) is 184 cm³/mol. The number of carbonyl (C=O) groups excluding carboxylic acids is 2. The first-order valence-electron chi connectivity index (χ1n) is 15.8. The molecule has 2 aliphatic carbocycles. The van der Waals surface area contributed by atoms with Gasteiger partial charge in [-0.25, -0.2) is 0 Å². The fourth-order valence-electron chi connectivity index (χ4n) is 6.15. The van der Waals surface area contributed by atoms with Gasteiger partial charge in [0, 0.05) is 10.8 Å². The summed E-state index contributed by atoms with van der Waals surface area (Å²) < 4.78 is 0. The minimum Gasteiger partial charge on any atom is -0.393 e. The highest BCUT2D eigenvalue weighted by Crippen LogP contribution is 2.54. The summed E-state index contributed by atoms with van der Waals surface area (Å²) in [4.78, 5) is 25.8. The Morgan fingerprint density at radius 2 is 0.953 bits per heavy atom. The summed E-state index contributed by atoms with van der Waals surface area (Å²) in [5, 5.41) is 10.1. The summed E-state index contributed by atoms with van der Waals surface area (Å²) in [6, 6.07) is 0. The van der Waals surface area contributed by atoms with Crippen molar-refractivity contribution < 1.29 is 14.7 Å². The second-order valence-electron chi connectivity index (χ2n) is 14.5. The van der Waals surface area contributed by atoms with Crippen LogP contribution in [0.4, 0.5) is 0 Å². The molecule has 0 aromatic rings. The molecule has 0 bridgehead atoms. The van der Waals surface area contributed by atoms with Crippen molar-refractivity contribution in [3.05, 3.63) is 107 Å². The third-order valence-electron chi connectivity index (χ3n) is 10.2.